The number of para-hydroxylation sites is 1. The summed E-state index contributed by atoms with van der Waals surface area (Å²) in [7, 11) is 1.66. The van der Waals surface area contributed by atoms with Crippen molar-refractivity contribution in [1.29, 1.82) is 0 Å². The van der Waals surface area contributed by atoms with Gasteiger partial charge in [0.2, 0.25) is 0 Å². The van der Waals surface area contributed by atoms with E-state index in [1.165, 1.54) is 0 Å². The number of ether oxygens (including phenoxy) is 2. The number of rotatable bonds is 5. The highest BCUT2D eigenvalue weighted by molar-refractivity contribution is 5.96. The predicted octanol–water partition coefficient (Wildman–Crippen LogP) is 3.43. The van der Waals surface area contributed by atoms with Crippen LogP contribution in [0, 0.1) is 19.8 Å². The number of aryl methyl sites for hydroxylation is 2. The molecule has 1 N–H and O–H groups in total. The molecule has 7 heteroatoms. The van der Waals surface area contributed by atoms with Crippen molar-refractivity contribution in [3.63, 3.8) is 0 Å². The van der Waals surface area contributed by atoms with Gasteiger partial charge in [0.15, 0.2) is 5.82 Å². The van der Waals surface area contributed by atoms with Crippen LogP contribution < -0.4 is 10.1 Å². The zero-order chi connectivity index (χ0) is 18.1. The molecule has 0 bridgehead atoms. The molecule has 2 atom stereocenters. The maximum absolute atomic E-state index is 5.84. The van der Waals surface area contributed by atoms with Crippen LogP contribution in [0.3, 0.4) is 0 Å². The van der Waals surface area contributed by atoms with E-state index >= 15 is 0 Å². The predicted molar refractivity (Wildman–Crippen MR) is 97.4 cm³/mol. The molecule has 0 aliphatic carbocycles. The lowest BCUT2D eigenvalue weighted by atomic mass is 10.0. The Morgan fingerprint density at radius 2 is 2.19 bits per heavy atom. The fourth-order valence-corrected chi connectivity index (χ4v) is 3.47. The van der Waals surface area contributed by atoms with Gasteiger partial charge >= 0.3 is 0 Å². The molecule has 1 saturated heterocycles. The average molecular weight is 354 g/mol. The van der Waals surface area contributed by atoms with Gasteiger partial charge in [-0.15, -0.1) is 0 Å². The summed E-state index contributed by atoms with van der Waals surface area (Å²) in [6.45, 7) is 5.32. The van der Waals surface area contributed by atoms with E-state index in [2.05, 4.69) is 33.4 Å². The summed E-state index contributed by atoms with van der Waals surface area (Å²) in [5.41, 5.74) is 3.02. The molecular weight excluding hydrogens is 332 g/mol. The van der Waals surface area contributed by atoms with Crippen LogP contribution in [-0.4, -0.2) is 35.4 Å². The van der Waals surface area contributed by atoms with Gasteiger partial charge in [-0.05, 0) is 31.9 Å². The molecule has 0 radical (unpaired) electrons. The number of methoxy groups -OCH3 is 1. The van der Waals surface area contributed by atoms with Crippen LogP contribution in [0.15, 0.2) is 28.9 Å². The second-order valence-electron chi connectivity index (χ2n) is 6.57. The second kappa shape index (κ2) is 6.92. The van der Waals surface area contributed by atoms with Gasteiger partial charge in [-0.25, -0.2) is 0 Å². The number of nitrogens with one attached hydrogen (secondary N) is 1. The maximum Gasteiger partial charge on any atom is 0.256 e. The summed E-state index contributed by atoms with van der Waals surface area (Å²) in [5, 5.41) is 8.52. The maximum atomic E-state index is 5.84. The van der Waals surface area contributed by atoms with E-state index in [0.29, 0.717) is 18.3 Å². The van der Waals surface area contributed by atoms with Gasteiger partial charge < -0.3 is 19.3 Å². The van der Waals surface area contributed by atoms with Gasteiger partial charge in [0, 0.05) is 36.3 Å². The molecule has 0 saturated carbocycles. The quantitative estimate of drug-likeness (QED) is 0.751. The van der Waals surface area contributed by atoms with Gasteiger partial charge in [0.1, 0.15) is 17.4 Å². The third-order valence-corrected chi connectivity index (χ3v) is 4.81. The van der Waals surface area contributed by atoms with Crippen LogP contribution in [0.2, 0.25) is 0 Å². The minimum Gasteiger partial charge on any atom is -0.494 e. The Hall–Kier alpha value is -2.67. The lowest BCUT2D eigenvalue weighted by Gasteiger charge is -2.19. The van der Waals surface area contributed by atoms with Crippen molar-refractivity contribution in [2.24, 2.45) is 5.92 Å². The van der Waals surface area contributed by atoms with Gasteiger partial charge in [-0.3, -0.25) is 4.98 Å². The second-order valence-corrected chi connectivity index (χ2v) is 6.57. The fourth-order valence-electron chi connectivity index (χ4n) is 3.47. The lowest BCUT2D eigenvalue weighted by Crippen LogP contribution is -2.19. The van der Waals surface area contributed by atoms with E-state index in [0.717, 1.165) is 40.9 Å². The number of fused-ring (bicyclic) bond motifs is 1. The third kappa shape index (κ3) is 2.99. The first-order valence-electron chi connectivity index (χ1n) is 8.75. The molecule has 1 aliphatic rings. The Balaban J connectivity index is 1.59. The molecule has 2 aromatic heterocycles. The van der Waals surface area contributed by atoms with E-state index in [1.54, 1.807) is 7.11 Å². The molecule has 1 aliphatic heterocycles. The normalized spacial score (nSPS) is 19.8. The number of hydrogen-bond donors (Lipinski definition) is 1. The van der Waals surface area contributed by atoms with Gasteiger partial charge in [-0.1, -0.05) is 17.3 Å². The summed E-state index contributed by atoms with van der Waals surface area (Å²) in [5.74, 6) is 2.23. The number of benzene rings is 1. The Morgan fingerprint density at radius 1 is 1.31 bits per heavy atom. The number of pyridine rings is 1. The summed E-state index contributed by atoms with van der Waals surface area (Å²) >= 11 is 0. The van der Waals surface area contributed by atoms with Crippen LogP contribution >= 0.6 is 0 Å². The lowest BCUT2D eigenvalue weighted by molar-refractivity contribution is 0.0650. The van der Waals surface area contributed by atoms with E-state index < -0.39 is 0 Å². The van der Waals surface area contributed by atoms with Gasteiger partial charge in [-0.2, -0.15) is 4.98 Å². The standard InChI is InChI=1S/C19H22N4O3/c1-11-9-20-17-14(5-4-6-15(17)24-3)16(11)21-10-13-7-8-25-18(13)19-22-12(2)23-26-19/h4-6,9,13,18H,7-8,10H2,1-3H3,(H,20,21)/t13-,18-/m0/s1. The number of hydrogen-bond acceptors (Lipinski definition) is 7. The summed E-state index contributed by atoms with van der Waals surface area (Å²) in [4.78, 5) is 8.87. The zero-order valence-corrected chi connectivity index (χ0v) is 15.2. The molecule has 0 amide bonds. The molecule has 3 aromatic rings. The van der Waals surface area contributed by atoms with Crippen molar-refractivity contribution in [1.82, 2.24) is 15.1 Å². The topological polar surface area (TPSA) is 82.3 Å². The van der Waals surface area contributed by atoms with Crippen molar-refractivity contribution in [2.45, 2.75) is 26.4 Å². The monoisotopic (exact) mass is 354 g/mol. The van der Waals surface area contributed by atoms with Crippen LogP contribution in [-0.2, 0) is 4.74 Å². The Kier molecular flexibility index (Phi) is 4.46. The van der Waals surface area contributed by atoms with Crippen LogP contribution in [0.25, 0.3) is 10.9 Å². The molecule has 7 nitrogen and oxygen atoms in total. The van der Waals surface area contributed by atoms with Crippen molar-refractivity contribution < 1.29 is 14.0 Å². The van der Waals surface area contributed by atoms with Crippen molar-refractivity contribution in [2.75, 3.05) is 25.6 Å². The van der Waals surface area contributed by atoms with Crippen molar-refractivity contribution in [3.8, 4) is 5.75 Å². The number of anilines is 1. The molecular formula is C19H22N4O3. The highest BCUT2D eigenvalue weighted by Crippen LogP contribution is 2.35. The highest BCUT2D eigenvalue weighted by atomic mass is 16.5. The zero-order valence-electron chi connectivity index (χ0n) is 15.2. The first-order chi connectivity index (χ1) is 12.7. The van der Waals surface area contributed by atoms with Crippen molar-refractivity contribution >= 4 is 16.6 Å². The number of aromatic nitrogens is 3. The molecule has 136 valence electrons. The average Bonchev–Trinajstić information content (AvgIpc) is 3.28. The Labute approximate surface area is 151 Å². The van der Waals surface area contributed by atoms with E-state index in [4.69, 9.17) is 14.0 Å². The Morgan fingerprint density at radius 3 is 2.96 bits per heavy atom. The Bertz CT molecular complexity index is 924. The molecule has 26 heavy (non-hydrogen) atoms. The van der Waals surface area contributed by atoms with Crippen LogP contribution in [0.5, 0.6) is 5.75 Å². The molecule has 1 aromatic carbocycles. The highest BCUT2D eigenvalue weighted by Gasteiger charge is 2.34. The molecule has 0 unspecified atom stereocenters. The summed E-state index contributed by atoms with van der Waals surface area (Å²) in [6.07, 6.45) is 2.66. The molecule has 4 rings (SSSR count). The van der Waals surface area contributed by atoms with Crippen LogP contribution in [0.4, 0.5) is 5.69 Å². The van der Waals surface area contributed by atoms with Crippen LogP contribution in [0.1, 0.15) is 29.8 Å². The minimum atomic E-state index is -0.161. The first kappa shape index (κ1) is 16.8. The van der Waals surface area contributed by atoms with Gasteiger partial charge in [0.25, 0.3) is 5.89 Å². The first-order valence-corrected chi connectivity index (χ1v) is 8.75. The van der Waals surface area contributed by atoms with E-state index in [1.807, 2.05) is 25.3 Å². The summed E-state index contributed by atoms with van der Waals surface area (Å²) in [6, 6.07) is 5.97. The largest absolute Gasteiger partial charge is 0.494 e. The van der Waals surface area contributed by atoms with Crippen molar-refractivity contribution in [3.05, 3.63) is 41.7 Å². The van der Waals surface area contributed by atoms with Gasteiger partial charge in [0.05, 0.1) is 7.11 Å². The number of nitrogens with zero attached hydrogens (tertiary/aromatic N) is 3. The molecule has 0 spiro atoms. The third-order valence-electron chi connectivity index (χ3n) is 4.81. The smallest absolute Gasteiger partial charge is 0.256 e. The minimum absolute atomic E-state index is 0.161. The SMILES string of the molecule is COc1cccc2c(NC[C@@H]3CCO[C@@H]3c3nc(C)no3)c(C)cnc12. The fraction of sp³-hybridized carbons (Fsp3) is 0.421. The molecule has 3 heterocycles. The van der Waals surface area contributed by atoms with E-state index in [9.17, 15) is 0 Å². The van der Waals surface area contributed by atoms with E-state index in [-0.39, 0.29) is 12.0 Å². The molecule has 1 fully saturated rings. The summed E-state index contributed by atoms with van der Waals surface area (Å²) < 4.78 is 16.6.